The van der Waals surface area contributed by atoms with Gasteiger partial charge in [-0.25, -0.2) is 8.42 Å². The molecule has 0 spiro atoms. The second-order valence-corrected chi connectivity index (χ2v) is 11.0. The molecule has 3 aromatic rings. The maximum Gasteiger partial charge on any atom is 0.264 e. The molecule has 1 saturated heterocycles. The van der Waals surface area contributed by atoms with E-state index in [-0.39, 0.29) is 0 Å². The van der Waals surface area contributed by atoms with E-state index in [1.165, 1.54) is 5.56 Å². The molecule has 1 aliphatic heterocycles. The Kier molecular flexibility index (Phi) is 5.95. The average molecular weight is 454 g/mol. The van der Waals surface area contributed by atoms with Crippen molar-refractivity contribution in [2.24, 2.45) is 11.8 Å². The van der Waals surface area contributed by atoms with Gasteiger partial charge in [0.05, 0.1) is 16.1 Å². The third-order valence-electron chi connectivity index (χ3n) is 6.65. The molecule has 2 aliphatic rings. The quantitative estimate of drug-likeness (QED) is 0.499. The zero-order valence-corrected chi connectivity index (χ0v) is 19.4. The number of aromatic nitrogens is 2. The van der Waals surface area contributed by atoms with Crippen molar-refractivity contribution in [2.45, 2.75) is 50.5 Å². The first-order chi connectivity index (χ1) is 15.5. The van der Waals surface area contributed by atoms with Crippen LogP contribution in [0, 0.1) is 11.8 Å². The van der Waals surface area contributed by atoms with Crippen LogP contribution in [0.1, 0.15) is 38.2 Å². The topological polar surface area (TPSA) is 64.4 Å². The first kappa shape index (κ1) is 21.5. The zero-order chi connectivity index (χ0) is 22.1. The van der Waals surface area contributed by atoms with Gasteiger partial charge in [0.25, 0.3) is 10.0 Å². The molecular formula is C25H31N3O3S. The van der Waals surface area contributed by atoms with Crippen molar-refractivity contribution < 1.29 is 13.2 Å². The molecule has 7 heteroatoms. The number of sulfonamides is 1. The Morgan fingerprint density at radius 3 is 2.47 bits per heavy atom. The highest BCUT2D eigenvalue weighted by molar-refractivity contribution is 7.92. The minimum absolute atomic E-state index is 0.329. The number of aryl methyl sites for hydroxylation is 1. The van der Waals surface area contributed by atoms with Gasteiger partial charge in [0.2, 0.25) is 0 Å². The van der Waals surface area contributed by atoms with Crippen molar-refractivity contribution in [3.63, 3.8) is 0 Å². The number of nitrogens with zero attached hydrogens (tertiary/aromatic N) is 3. The van der Waals surface area contributed by atoms with E-state index in [0.29, 0.717) is 23.3 Å². The molecule has 1 aliphatic carbocycles. The van der Waals surface area contributed by atoms with Gasteiger partial charge in [0.1, 0.15) is 0 Å². The van der Waals surface area contributed by atoms with Gasteiger partial charge in [0.15, 0.2) is 0 Å². The Labute approximate surface area is 190 Å². The first-order valence-corrected chi connectivity index (χ1v) is 13.1. The highest BCUT2D eigenvalue weighted by Crippen LogP contribution is 2.35. The van der Waals surface area contributed by atoms with Crippen LogP contribution in [-0.4, -0.2) is 38.0 Å². The second kappa shape index (κ2) is 8.87. The predicted molar refractivity (Wildman–Crippen MR) is 126 cm³/mol. The minimum Gasteiger partial charge on any atom is -0.381 e. The lowest BCUT2D eigenvalue weighted by molar-refractivity contribution is 0.0602. The molecule has 0 radical (unpaired) electrons. The monoisotopic (exact) mass is 453 g/mol. The van der Waals surface area contributed by atoms with Crippen LogP contribution < -0.4 is 4.31 Å². The van der Waals surface area contributed by atoms with Crippen LogP contribution in [0.3, 0.4) is 0 Å². The molecule has 1 aromatic heterocycles. The fraction of sp³-hybridized carbons (Fsp3) is 0.480. The van der Waals surface area contributed by atoms with Crippen molar-refractivity contribution in [3.8, 4) is 0 Å². The van der Waals surface area contributed by atoms with Gasteiger partial charge in [-0.2, -0.15) is 5.10 Å². The largest absolute Gasteiger partial charge is 0.381 e. The van der Waals surface area contributed by atoms with Crippen LogP contribution >= 0.6 is 0 Å². The molecule has 2 fully saturated rings. The molecule has 2 heterocycles. The lowest BCUT2D eigenvalue weighted by atomic mass is 10.0. The predicted octanol–water partition coefficient (Wildman–Crippen LogP) is 4.63. The lowest BCUT2D eigenvalue weighted by Crippen LogP contribution is -2.33. The van der Waals surface area contributed by atoms with Gasteiger partial charge in [-0.1, -0.05) is 19.1 Å². The number of benzene rings is 2. The summed E-state index contributed by atoms with van der Waals surface area (Å²) in [7, 11) is -3.66. The van der Waals surface area contributed by atoms with Gasteiger partial charge in [0, 0.05) is 37.9 Å². The molecule has 6 nitrogen and oxygen atoms in total. The summed E-state index contributed by atoms with van der Waals surface area (Å²) in [5.41, 5.74) is 2.78. The molecule has 2 aromatic carbocycles. The molecule has 1 saturated carbocycles. The van der Waals surface area contributed by atoms with E-state index < -0.39 is 10.0 Å². The Morgan fingerprint density at radius 2 is 1.78 bits per heavy atom. The summed E-state index contributed by atoms with van der Waals surface area (Å²) in [4.78, 5) is 0.329. The third-order valence-corrected chi connectivity index (χ3v) is 8.44. The third kappa shape index (κ3) is 4.55. The Bertz CT molecular complexity index is 1180. The normalized spacial score (nSPS) is 17.7. The van der Waals surface area contributed by atoms with Gasteiger partial charge < -0.3 is 4.74 Å². The van der Waals surface area contributed by atoms with E-state index in [4.69, 9.17) is 4.74 Å². The zero-order valence-electron chi connectivity index (χ0n) is 18.6. The van der Waals surface area contributed by atoms with Crippen LogP contribution in [0.2, 0.25) is 0 Å². The van der Waals surface area contributed by atoms with E-state index in [2.05, 4.69) is 12.0 Å². The summed E-state index contributed by atoms with van der Waals surface area (Å²) in [5.74, 6) is 1.00. The fourth-order valence-electron chi connectivity index (χ4n) is 4.40. The summed E-state index contributed by atoms with van der Waals surface area (Å²) in [5, 5.41) is 5.54. The Balaban J connectivity index is 1.43. The van der Waals surface area contributed by atoms with Crippen molar-refractivity contribution >= 4 is 26.6 Å². The highest BCUT2D eigenvalue weighted by atomic mass is 32.2. The average Bonchev–Trinajstić information content (AvgIpc) is 3.55. The number of ether oxygens (including phenoxy) is 1. The van der Waals surface area contributed by atoms with Crippen molar-refractivity contribution in [1.82, 2.24) is 9.78 Å². The molecular weight excluding hydrogens is 422 g/mol. The minimum atomic E-state index is -3.66. The van der Waals surface area contributed by atoms with Gasteiger partial charge >= 0.3 is 0 Å². The summed E-state index contributed by atoms with van der Waals surface area (Å²) in [6.45, 7) is 5.10. The number of hydrogen-bond donors (Lipinski definition) is 0. The maximum atomic E-state index is 13.7. The summed E-state index contributed by atoms with van der Waals surface area (Å²) in [6, 6.07) is 13.2. The van der Waals surface area contributed by atoms with Crippen molar-refractivity contribution in [3.05, 3.63) is 54.2 Å². The van der Waals surface area contributed by atoms with Crippen molar-refractivity contribution in [2.75, 3.05) is 24.1 Å². The van der Waals surface area contributed by atoms with Crippen LogP contribution in [0.4, 0.5) is 5.69 Å². The number of fused-ring (bicyclic) bond motifs is 1. The van der Waals surface area contributed by atoms with E-state index in [1.54, 1.807) is 16.4 Å². The molecule has 0 bridgehead atoms. The van der Waals surface area contributed by atoms with E-state index in [0.717, 1.165) is 68.5 Å². The number of hydrogen-bond acceptors (Lipinski definition) is 4. The maximum absolute atomic E-state index is 13.7. The lowest BCUT2D eigenvalue weighted by Gasteiger charge is -2.25. The van der Waals surface area contributed by atoms with Gasteiger partial charge in [-0.15, -0.1) is 0 Å². The molecule has 0 atom stereocenters. The van der Waals surface area contributed by atoms with E-state index >= 15 is 0 Å². The molecule has 0 unspecified atom stereocenters. The molecule has 5 rings (SSSR count). The van der Waals surface area contributed by atoms with Crippen LogP contribution in [0.15, 0.2) is 53.6 Å². The second-order valence-electron chi connectivity index (χ2n) is 9.13. The SMILES string of the molecule is CCc1ccc(N(CC2CC2)S(=O)(=O)c2ccc3nn(CC4CCOCC4)cc3c2)cc1. The van der Waals surface area contributed by atoms with Crippen LogP contribution in [0.25, 0.3) is 10.9 Å². The Morgan fingerprint density at radius 1 is 1.03 bits per heavy atom. The first-order valence-electron chi connectivity index (χ1n) is 11.7. The summed E-state index contributed by atoms with van der Waals surface area (Å²) in [6.07, 6.45) is 7.19. The number of rotatable bonds is 8. The van der Waals surface area contributed by atoms with Gasteiger partial charge in [-0.3, -0.25) is 8.99 Å². The van der Waals surface area contributed by atoms with E-state index in [9.17, 15) is 8.42 Å². The Hall–Kier alpha value is -2.38. The summed E-state index contributed by atoms with van der Waals surface area (Å²) >= 11 is 0. The van der Waals surface area contributed by atoms with Gasteiger partial charge in [-0.05, 0) is 79.8 Å². The highest BCUT2D eigenvalue weighted by Gasteiger charge is 2.32. The van der Waals surface area contributed by atoms with Crippen molar-refractivity contribution in [1.29, 1.82) is 0 Å². The summed E-state index contributed by atoms with van der Waals surface area (Å²) < 4.78 is 36.4. The smallest absolute Gasteiger partial charge is 0.264 e. The standard InChI is InChI=1S/C25H31N3O3S/c1-2-19-5-7-23(8-6-19)28(17-20-3-4-20)32(29,30)24-9-10-25-22(15-24)18-27(26-25)16-21-11-13-31-14-12-21/h5-10,15,18,20-21H,2-4,11-14,16-17H2,1H3. The molecule has 32 heavy (non-hydrogen) atoms. The molecule has 0 amide bonds. The van der Waals surface area contributed by atoms with Crippen LogP contribution in [0.5, 0.6) is 0 Å². The molecule has 0 N–H and O–H groups in total. The van der Waals surface area contributed by atoms with E-state index in [1.807, 2.05) is 41.2 Å². The molecule has 170 valence electrons. The van der Waals surface area contributed by atoms with Crippen LogP contribution in [-0.2, 0) is 27.7 Å². The fourth-order valence-corrected chi connectivity index (χ4v) is 5.98. The number of anilines is 1.